The van der Waals surface area contributed by atoms with Gasteiger partial charge in [-0.3, -0.25) is 0 Å². The van der Waals surface area contributed by atoms with Crippen LogP contribution in [0.2, 0.25) is 0 Å². The third kappa shape index (κ3) is 2.09. The second-order valence-corrected chi connectivity index (χ2v) is 5.28. The summed E-state index contributed by atoms with van der Waals surface area (Å²) in [6, 6.07) is 7.73. The van der Waals surface area contributed by atoms with Crippen molar-refractivity contribution in [3.05, 3.63) is 29.6 Å². The number of benzene rings is 1. The van der Waals surface area contributed by atoms with Crippen molar-refractivity contribution in [3.63, 3.8) is 0 Å². The zero-order valence-electron chi connectivity index (χ0n) is 11.2. The van der Waals surface area contributed by atoms with Gasteiger partial charge >= 0.3 is 0 Å². The molecule has 0 amide bonds. The molecule has 0 unspecified atom stereocenters. The number of imidazole rings is 1. The van der Waals surface area contributed by atoms with Gasteiger partial charge in [0, 0.05) is 12.6 Å². The molecule has 0 spiro atoms. The van der Waals surface area contributed by atoms with E-state index in [0.29, 0.717) is 12.2 Å². The molecule has 0 aliphatic carbocycles. The van der Waals surface area contributed by atoms with E-state index in [-0.39, 0.29) is 5.54 Å². The molecule has 0 saturated carbocycles. The maximum atomic E-state index is 8.93. The lowest BCUT2D eigenvalue weighted by Gasteiger charge is -2.24. The average Bonchev–Trinajstić information content (AvgIpc) is 2.65. The number of nitrogens with zero attached hydrogens (tertiary/aromatic N) is 3. The first kappa shape index (κ1) is 12.6. The van der Waals surface area contributed by atoms with E-state index in [2.05, 4.69) is 36.4 Å². The van der Waals surface area contributed by atoms with Gasteiger partial charge < -0.3 is 9.30 Å². The summed E-state index contributed by atoms with van der Waals surface area (Å²) in [6.45, 7) is 6.86. The Hall–Kier alpha value is -1.86. The Morgan fingerprint density at radius 2 is 2.11 bits per heavy atom. The average molecular weight is 243 g/mol. The Morgan fingerprint density at radius 1 is 1.39 bits per heavy atom. The molecule has 2 rings (SSSR count). The second-order valence-electron chi connectivity index (χ2n) is 5.28. The molecule has 4 heteroatoms. The van der Waals surface area contributed by atoms with Gasteiger partial charge in [-0.25, -0.2) is 4.98 Å². The lowest BCUT2D eigenvalue weighted by molar-refractivity contribution is 0.169. The minimum absolute atomic E-state index is 0.0726. The molecule has 0 N–H and O–H groups in total. The van der Waals surface area contributed by atoms with Gasteiger partial charge in [-0.2, -0.15) is 5.26 Å². The van der Waals surface area contributed by atoms with Crippen molar-refractivity contribution in [2.75, 3.05) is 7.11 Å². The van der Waals surface area contributed by atoms with Crippen LogP contribution >= 0.6 is 0 Å². The minimum Gasteiger partial charge on any atom is -0.377 e. The van der Waals surface area contributed by atoms with E-state index in [4.69, 9.17) is 10.00 Å². The van der Waals surface area contributed by atoms with Crippen LogP contribution in [0.4, 0.5) is 0 Å². The van der Waals surface area contributed by atoms with Gasteiger partial charge in [0.1, 0.15) is 12.4 Å². The standard InChI is InChI=1S/C14H17N3O/c1-14(2,3)17-12-6-5-10(8-15)7-11(12)16-13(17)9-18-4/h5-7H,9H2,1-4H3. The van der Waals surface area contributed by atoms with Crippen LogP contribution in [0, 0.1) is 11.3 Å². The Balaban J connectivity index is 2.72. The summed E-state index contributed by atoms with van der Waals surface area (Å²) < 4.78 is 7.36. The third-order valence-corrected chi connectivity index (χ3v) is 2.80. The summed E-state index contributed by atoms with van der Waals surface area (Å²) in [4.78, 5) is 4.56. The maximum absolute atomic E-state index is 8.93. The van der Waals surface area contributed by atoms with Crippen LogP contribution in [-0.2, 0) is 16.9 Å². The van der Waals surface area contributed by atoms with Crippen LogP contribution in [0.5, 0.6) is 0 Å². The molecule has 18 heavy (non-hydrogen) atoms. The molecule has 0 aliphatic rings. The highest BCUT2D eigenvalue weighted by molar-refractivity contribution is 5.78. The summed E-state index contributed by atoms with van der Waals surface area (Å²) in [6.07, 6.45) is 0. The molecule has 0 bridgehead atoms. The van der Waals surface area contributed by atoms with Crippen LogP contribution < -0.4 is 0 Å². The number of fused-ring (bicyclic) bond motifs is 1. The number of aromatic nitrogens is 2. The zero-order chi connectivity index (χ0) is 13.3. The molecule has 0 atom stereocenters. The van der Waals surface area contributed by atoms with E-state index in [9.17, 15) is 0 Å². The van der Waals surface area contributed by atoms with Gasteiger partial charge in [-0.1, -0.05) is 0 Å². The largest absolute Gasteiger partial charge is 0.377 e. The first-order valence-electron chi connectivity index (χ1n) is 5.88. The van der Waals surface area contributed by atoms with Crippen LogP contribution in [0.1, 0.15) is 32.2 Å². The number of nitriles is 1. The summed E-state index contributed by atoms with van der Waals surface area (Å²) >= 11 is 0. The Bertz CT molecular complexity index is 614. The van der Waals surface area contributed by atoms with E-state index < -0.39 is 0 Å². The van der Waals surface area contributed by atoms with Crippen molar-refractivity contribution < 1.29 is 4.74 Å². The van der Waals surface area contributed by atoms with Gasteiger partial charge in [0.05, 0.1) is 22.7 Å². The maximum Gasteiger partial charge on any atom is 0.136 e. The predicted molar refractivity (Wildman–Crippen MR) is 70.2 cm³/mol. The highest BCUT2D eigenvalue weighted by Crippen LogP contribution is 2.26. The van der Waals surface area contributed by atoms with Crippen LogP contribution in [-0.4, -0.2) is 16.7 Å². The molecule has 2 aromatic rings. The fraction of sp³-hybridized carbons (Fsp3) is 0.429. The van der Waals surface area contributed by atoms with Gasteiger partial charge in [0.15, 0.2) is 0 Å². The minimum atomic E-state index is -0.0726. The fourth-order valence-corrected chi connectivity index (χ4v) is 2.17. The number of ether oxygens (including phenoxy) is 1. The highest BCUT2D eigenvalue weighted by atomic mass is 16.5. The van der Waals surface area contributed by atoms with Gasteiger partial charge in [-0.05, 0) is 39.0 Å². The molecular weight excluding hydrogens is 226 g/mol. The normalized spacial score (nSPS) is 11.7. The van der Waals surface area contributed by atoms with Crippen LogP contribution in [0.25, 0.3) is 11.0 Å². The molecule has 1 heterocycles. The fourth-order valence-electron chi connectivity index (χ4n) is 2.17. The molecule has 0 aliphatic heterocycles. The van der Waals surface area contributed by atoms with E-state index in [1.807, 2.05) is 18.2 Å². The molecule has 4 nitrogen and oxygen atoms in total. The number of methoxy groups -OCH3 is 1. The van der Waals surface area contributed by atoms with Crippen LogP contribution in [0.3, 0.4) is 0 Å². The molecular formula is C14H17N3O. The van der Waals surface area contributed by atoms with E-state index in [0.717, 1.165) is 16.9 Å². The zero-order valence-corrected chi connectivity index (χ0v) is 11.2. The second kappa shape index (κ2) is 4.43. The first-order chi connectivity index (χ1) is 8.47. The Morgan fingerprint density at radius 3 is 2.67 bits per heavy atom. The lowest BCUT2D eigenvalue weighted by Crippen LogP contribution is -2.24. The SMILES string of the molecule is COCc1nc2cc(C#N)ccc2n1C(C)(C)C. The van der Waals surface area contributed by atoms with Crippen molar-refractivity contribution in [2.45, 2.75) is 32.9 Å². The molecule has 0 fully saturated rings. The van der Waals surface area contributed by atoms with Crippen LogP contribution in [0.15, 0.2) is 18.2 Å². The third-order valence-electron chi connectivity index (χ3n) is 2.80. The predicted octanol–water partition coefficient (Wildman–Crippen LogP) is 2.81. The quantitative estimate of drug-likeness (QED) is 0.815. The molecule has 94 valence electrons. The van der Waals surface area contributed by atoms with Crippen molar-refractivity contribution in [1.29, 1.82) is 5.26 Å². The number of rotatable bonds is 2. The number of hydrogen-bond donors (Lipinski definition) is 0. The summed E-state index contributed by atoms with van der Waals surface area (Å²) in [7, 11) is 1.66. The van der Waals surface area contributed by atoms with Crippen molar-refractivity contribution >= 4 is 11.0 Å². The van der Waals surface area contributed by atoms with E-state index >= 15 is 0 Å². The van der Waals surface area contributed by atoms with E-state index in [1.165, 1.54) is 0 Å². The molecule has 0 saturated heterocycles. The Kier molecular flexibility index (Phi) is 3.10. The van der Waals surface area contributed by atoms with Crippen molar-refractivity contribution in [2.24, 2.45) is 0 Å². The summed E-state index contributed by atoms with van der Waals surface area (Å²) in [5.74, 6) is 0.884. The van der Waals surface area contributed by atoms with Gasteiger partial charge in [-0.15, -0.1) is 0 Å². The molecule has 0 radical (unpaired) electrons. The van der Waals surface area contributed by atoms with Gasteiger partial charge in [0.25, 0.3) is 0 Å². The van der Waals surface area contributed by atoms with Crippen molar-refractivity contribution in [1.82, 2.24) is 9.55 Å². The topological polar surface area (TPSA) is 50.8 Å². The summed E-state index contributed by atoms with van der Waals surface area (Å²) in [5.41, 5.74) is 2.44. The molecule has 1 aromatic heterocycles. The van der Waals surface area contributed by atoms with E-state index in [1.54, 1.807) is 7.11 Å². The highest BCUT2D eigenvalue weighted by Gasteiger charge is 2.21. The Labute approximate surface area is 107 Å². The van der Waals surface area contributed by atoms with Crippen molar-refractivity contribution in [3.8, 4) is 6.07 Å². The number of hydrogen-bond acceptors (Lipinski definition) is 3. The smallest absolute Gasteiger partial charge is 0.136 e. The van der Waals surface area contributed by atoms with Gasteiger partial charge in [0.2, 0.25) is 0 Å². The monoisotopic (exact) mass is 243 g/mol. The lowest BCUT2D eigenvalue weighted by atomic mass is 10.1. The summed E-state index contributed by atoms with van der Waals surface area (Å²) in [5, 5.41) is 8.93. The molecule has 1 aromatic carbocycles. The first-order valence-corrected chi connectivity index (χ1v) is 5.88.